The summed E-state index contributed by atoms with van der Waals surface area (Å²) in [5, 5.41) is 4.49. The highest BCUT2D eigenvalue weighted by Crippen LogP contribution is 2.37. The number of methoxy groups -OCH3 is 1. The Hall–Kier alpha value is -2.57. The fraction of sp³-hybridized carbons (Fsp3) is 0.526. The minimum atomic E-state index is -0.0185. The van der Waals surface area contributed by atoms with Crippen LogP contribution in [0.1, 0.15) is 53.8 Å². The molecule has 0 spiro atoms. The fourth-order valence-electron chi connectivity index (χ4n) is 3.79. The standard InChI is InChI=1S/C19H24N4O3/c1-21-19(25)23(14-7-8-14)17(20-21)13-9-11-22(12-10-13)18(24)15-5-3-4-6-16(15)26-2/h3-6,13-14H,7-12H2,1-2H3. The highest BCUT2D eigenvalue weighted by atomic mass is 16.5. The molecule has 7 heteroatoms. The normalized spacial score (nSPS) is 18.2. The van der Waals surface area contributed by atoms with Gasteiger partial charge in [0.25, 0.3) is 5.91 Å². The summed E-state index contributed by atoms with van der Waals surface area (Å²) < 4.78 is 8.64. The molecule has 4 rings (SSSR count). The van der Waals surface area contributed by atoms with Crippen LogP contribution < -0.4 is 10.4 Å². The van der Waals surface area contributed by atoms with Crippen molar-refractivity contribution in [3.05, 3.63) is 46.1 Å². The second kappa shape index (κ2) is 6.63. The number of carbonyl (C=O) groups is 1. The molecule has 1 aromatic heterocycles. The van der Waals surface area contributed by atoms with Crippen molar-refractivity contribution >= 4 is 5.91 Å². The van der Waals surface area contributed by atoms with Gasteiger partial charge in [0.2, 0.25) is 0 Å². The molecule has 2 heterocycles. The molecule has 0 N–H and O–H groups in total. The molecular weight excluding hydrogens is 332 g/mol. The number of para-hydroxylation sites is 1. The van der Waals surface area contributed by atoms with Crippen LogP contribution in [0.5, 0.6) is 5.75 Å². The number of ether oxygens (including phenoxy) is 1. The van der Waals surface area contributed by atoms with Crippen molar-refractivity contribution in [2.24, 2.45) is 7.05 Å². The Labute approximate surface area is 152 Å². The SMILES string of the molecule is COc1ccccc1C(=O)N1CCC(c2nn(C)c(=O)n2C2CC2)CC1. The smallest absolute Gasteiger partial charge is 0.345 e. The van der Waals surface area contributed by atoms with Gasteiger partial charge in [-0.3, -0.25) is 9.36 Å². The van der Waals surface area contributed by atoms with Crippen LogP contribution in [0.25, 0.3) is 0 Å². The van der Waals surface area contributed by atoms with Gasteiger partial charge in [-0.2, -0.15) is 5.10 Å². The topological polar surface area (TPSA) is 69.4 Å². The first-order valence-corrected chi connectivity index (χ1v) is 9.18. The summed E-state index contributed by atoms with van der Waals surface area (Å²) in [4.78, 5) is 27.0. The summed E-state index contributed by atoms with van der Waals surface area (Å²) in [6.45, 7) is 1.33. The molecule has 1 aliphatic carbocycles. The molecule has 1 saturated heterocycles. The highest BCUT2D eigenvalue weighted by Gasteiger charge is 2.34. The van der Waals surface area contributed by atoms with E-state index in [0.717, 1.165) is 31.5 Å². The Balaban J connectivity index is 1.49. The fourth-order valence-corrected chi connectivity index (χ4v) is 3.79. The zero-order valence-corrected chi connectivity index (χ0v) is 15.2. The number of hydrogen-bond acceptors (Lipinski definition) is 4. The van der Waals surface area contributed by atoms with Crippen molar-refractivity contribution in [2.45, 2.75) is 37.6 Å². The average Bonchev–Trinajstić information content (AvgIpc) is 3.47. The van der Waals surface area contributed by atoms with Gasteiger partial charge >= 0.3 is 5.69 Å². The molecule has 2 aliphatic rings. The van der Waals surface area contributed by atoms with Gasteiger partial charge in [0, 0.05) is 32.1 Å². The number of benzene rings is 1. The third-order valence-corrected chi connectivity index (χ3v) is 5.38. The predicted molar refractivity (Wildman–Crippen MR) is 96.6 cm³/mol. The van der Waals surface area contributed by atoms with Gasteiger partial charge in [-0.1, -0.05) is 12.1 Å². The molecule has 138 valence electrons. The Morgan fingerprint density at radius 2 is 1.85 bits per heavy atom. The van der Waals surface area contributed by atoms with Crippen molar-refractivity contribution in [3.8, 4) is 5.75 Å². The summed E-state index contributed by atoms with van der Waals surface area (Å²) in [7, 11) is 3.29. The summed E-state index contributed by atoms with van der Waals surface area (Å²) in [5.74, 6) is 1.73. The quantitative estimate of drug-likeness (QED) is 0.840. The number of hydrogen-bond donors (Lipinski definition) is 0. The lowest BCUT2D eigenvalue weighted by molar-refractivity contribution is 0.0706. The number of likely N-dealkylation sites (tertiary alicyclic amines) is 1. The lowest BCUT2D eigenvalue weighted by Gasteiger charge is -2.32. The first-order valence-electron chi connectivity index (χ1n) is 9.18. The first-order chi connectivity index (χ1) is 12.6. The molecule has 0 unspecified atom stereocenters. The van der Waals surface area contributed by atoms with E-state index in [1.165, 1.54) is 4.68 Å². The van der Waals surface area contributed by atoms with Gasteiger partial charge in [-0.05, 0) is 37.8 Å². The zero-order chi connectivity index (χ0) is 18.3. The Bertz CT molecular complexity index is 873. The monoisotopic (exact) mass is 356 g/mol. The van der Waals surface area contributed by atoms with Crippen molar-refractivity contribution in [1.29, 1.82) is 0 Å². The molecule has 2 aromatic rings. The second-order valence-electron chi connectivity index (χ2n) is 7.13. The van der Waals surface area contributed by atoms with Crippen LogP contribution in [0.2, 0.25) is 0 Å². The van der Waals surface area contributed by atoms with E-state index in [9.17, 15) is 9.59 Å². The van der Waals surface area contributed by atoms with E-state index in [2.05, 4.69) is 5.10 Å². The van der Waals surface area contributed by atoms with E-state index in [1.54, 1.807) is 20.2 Å². The van der Waals surface area contributed by atoms with Crippen LogP contribution in [0, 0.1) is 0 Å². The molecule has 2 fully saturated rings. The lowest BCUT2D eigenvalue weighted by Crippen LogP contribution is -2.38. The van der Waals surface area contributed by atoms with Crippen molar-refractivity contribution in [3.63, 3.8) is 0 Å². The van der Waals surface area contributed by atoms with Gasteiger partial charge < -0.3 is 9.64 Å². The van der Waals surface area contributed by atoms with Crippen LogP contribution in [0.15, 0.2) is 29.1 Å². The maximum absolute atomic E-state index is 12.8. The third kappa shape index (κ3) is 2.91. The van der Waals surface area contributed by atoms with Crippen LogP contribution in [0.3, 0.4) is 0 Å². The van der Waals surface area contributed by atoms with Gasteiger partial charge in [0.1, 0.15) is 11.6 Å². The van der Waals surface area contributed by atoms with E-state index in [-0.39, 0.29) is 17.5 Å². The summed E-state index contributed by atoms with van der Waals surface area (Å²) in [6, 6.07) is 7.64. The van der Waals surface area contributed by atoms with Gasteiger partial charge in [0.15, 0.2) is 0 Å². The summed E-state index contributed by atoms with van der Waals surface area (Å²) >= 11 is 0. The molecule has 1 amide bonds. The van der Waals surface area contributed by atoms with Crippen molar-refractivity contribution in [2.75, 3.05) is 20.2 Å². The van der Waals surface area contributed by atoms with Gasteiger partial charge in [-0.25, -0.2) is 9.48 Å². The largest absolute Gasteiger partial charge is 0.496 e. The molecule has 1 aromatic carbocycles. The summed E-state index contributed by atoms with van der Waals surface area (Å²) in [5.41, 5.74) is 0.580. The minimum Gasteiger partial charge on any atom is -0.496 e. The number of piperidine rings is 1. The second-order valence-corrected chi connectivity index (χ2v) is 7.13. The number of rotatable bonds is 4. The lowest BCUT2D eigenvalue weighted by atomic mass is 9.95. The number of aryl methyl sites for hydroxylation is 1. The molecule has 26 heavy (non-hydrogen) atoms. The zero-order valence-electron chi connectivity index (χ0n) is 15.2. The molecule has 7 nitrogen and oxygen atoms in total. The van der Waals surface area contributed by atoms with Crippen molar-refractivity contribution in [1.82, 2.24) is 19.2 Å². The number of carbonyl (C=O) groups excluding carboxylic acids is 1. The predicted octanol–water partition coefficient (Wildman–Crippen LogP) is 1.95. The van der Waals surface area contributed by atoms with E-state index in [0.29, 0.717) is 30.4 Å². The van der Waals surface area contributed by atoms with E-state index in [1.807, 2.05) is 27.7 Å². The van der Waals surface area contributed by atoms with Gasteiger partial charge in [-0.15, -0.1) is 0 Å². The Morgan fingerprint density at radius 1 is 1.15 bits per heavy atom. The van der Waals surface area contributed by atoms with Gasteiger partial charge in [0.05, 0.1) is 12.7 Å². The molecule has 0 radical (unpaired) electrons. The first kappa shape index (κ1) is 16.9. The van der Waals surface area contributed by atoms with Crippen LogP contribution in [-0.4, -0.2) is 45.4 Å². The molecular formula is C19H24N4O3. The maximum Gasteiger partial charge on any atom is 0.345 e. The van der Waals surface area contributed by atoms with E-state index >= 15 is 0 Å². The van der Waals surface area contributed by atoms with Crippen LogP contribution >= 0.6 is 0 Å². The minimum absolute atomic E-state index is 0.00139. The van der Waals surface area contributed by atoms with E-state index < -0.39 is 0 Å². The van der Waals surface area contributed by atoms with Crippen molar-refractivity contribution < 1.29 is 9.53 Å². The average molecular weight is 356 g/mol. The number of aromatic nitrogens is 3. The Morgan fingerprint density at radius 3 is 2.50 bits per heavy atom. The third-order valence-electron chi connectivity index (χ3n) is 5.38. The Kier molecular flexibility index (Phi) is 4.30. The maximum atomic E-state index is 12.8. The number of amides is 1. The molecule has 0 atom stereocenters. The summed E-state index contributed by atoms with van der Waals surface area (Å²) in [6.07, 6.45) is 3.77. The highest BCUT2D eigenvalue weighted by molar-refractivity contribution is 5.97. The molecule has 0 bridgehead atoms. The molecule has 1 saturated carbocycles. The van der Waals surface area contributed by atoms with E-state index in [4.69, 9.17) is 4.74 Å². The number of nitrogens with zero attached hydrogens (tertiary/aromatic N) is 4. The molecule has 1 aliphatic heterocycles. The van der Waals surface area contributed by atoms with Crippen LogP contribution in [-0.2, 0) is 7.05 Å². The van der Waals surface area contributed by atoms with Crippen LogP contribution in [0.4, 0.5) is 0 Å².